The van der Waals surface area contributed by atoms with E-state index in [2.05, 4.69) is 11.8 Å². The van der Waals surface area contributed by atoms with Crippen LogP contribution in [0.15, 0.2) is 54.6 Å². The van der Waals surface area contributed by atoms with Gasteiger partial charge in [-0.1, -0.05) is 24.0 Å². The van der Waals surface area contributed by atoms with Crippen LogP contribution in [0.4, 0.5) is 0 Å². The van der Waals surface area contributed by atoms with Gasteiger partial charge in [0, 0.05) is 5.56 Å². The molecule has 0 bridgehead atoms. The first-order valence-corrected chi connectivity index (χ1v) is 6.50. The molecule has 2 aromatic rings. The van der Waals surface area contributed by atoms with Crippen LogP contribution in [0.1, 0.15) is 11.1 Å². The minimum atomic E-state index is 0.136. The Morgan fingerprint density at radius 1 is 1.10 bits per heavy atom. The second kappa shape index (κ2) is 7.06. The molecule has 0 aliphatic rings. The summed E-state index contributed by atoms with van der Waals surface area (Å²) < 4.78 is 5.06. The topological polar surface area (TPSA) is 49.7 Å². The molecule has 0 unspecified atom stereocenters. The highest BCUT2D eigenvalue weighted by Gasteiger charge is 2.00. The van der Waals surface area contributed by atoms with Gasteiger partial charge in [0.25, 0.3) is 0 Å². The predicted octanol–water partition coefficient (Wildman–Crippen LogP) is 3.26. The number of benzene rings is 2. The molecule has 0 aliphatic heterocycles. The van der Waals surface area contributed by atoms with Gasteiger partial charge in [-0.2, -0.15) is 0 Å². The predicted molar refractivity (Wildman–Crippen MR) is 82.5 cm³/mol. The van der Waals surface area contributed by atoms with E-state index in [1.807, 2.05) is 12.1 Å². The van der Waals surface area contributed by atoms with Crippen LogP contribution < -0.4 is 4.74 Å². The summed E-state index contributed by atoms with van der Waals surface area (Å²) in [4.78, 5) is 0. The third-order valence-corrected chi connectivity index (χ3v) is 2.88. The summed E-state index contributed by atoms with van der Waals surface area (Å²) in [6.45, 7) is 0. The minimum Gasteiger partial charge on any atom is -0.508 e. The van der Waals surface area contributed by atoms with E-state index in [1.54, 1.807) is 42.5 Å². The van der Waals surface area contributed by atoms with Crippen molar-refractivity contribution in [3.8, 4) is 29.1 Å². The third kappa shape index (κ3) is 4.32. The molecule has 2 aromatic carbocycles. The van der Waals surface area contributed by atoms with Gasteiger partial charge in [0.05, 0.1) is 7.11 Å². The maximum Gasteiger partial charge on any atom is 0.160 e. The molecule has 0 radical (unpaired) electrons. The largest absolute Gasteiger partial charge is 0.508 e. The number of hydrogen-bond acceptors (Lipinski definition) is 3. The summed E-state index contributed by atoms with van der Waals surface area (Å²) in [5, 5.41) is 18.7. The van der Waals surface area contributed by atoms with E-state index in [0.29, 0.717) is 12.2 Å². The number of allylic oxidation sites excluding steroid dienone is 2. The quantitative estimate of drug-likeness (QED) is 0.848. The maximum absolute atomic E-state index is 9.51. The summed E-state index contributed by atoms with van der Waals surface area (Å²) in [7, 11) is 1.53. The Balaban J connectivity index is 1.95. The van der Waals surface area contributed by atoms with Crippen LogP contribution in [0.5, 0.6) is 17.2 Å². The number of methoxy groups -OCH3 is 1. The Hall–Kier alpha value is -2.86. The molecule has 0 aliphatic carbocycles. The van der Waals surface area contributed by atoms with E-state index >= 15 is 0 Å². The van der Waals surface area contributed by atoms with E-state index in [4.69, 9.17) is 9.84 Å². The van der Waals surface area contributed by atoms with Crippen molar-refractivity contribution in [3.05, 3.63) is 65.7 Å². The second-order valence-corrected chi connectivity index (χ2v) is 4.43. The van der Waals surface area contributed by atoms with E-state index in [0.717, 1.165) is 11.1 Å². The molecule has 0 spiro atoms. The zero-order chi connectivity index (χ0) is 15.1. The fourth-order valence-corrected chi connectivity index (χ4v) is 1.77. The van der Waals surface area contributed by atoms with Crippen LogP contribution in [0.2, 0.25) is 0 Å². The van der Waals surface area contributed by atoms with Crippen molar-refractivity contribution in [3.63, 3.8) is 0 Å². The SMILES string of the molecule is COc1cc(CC=CC#Cc2ccc(O)cc2)ccc1O. The van der Waals surface area contributed by atoms with Crippen LogP contribution in [-0.4, -0.2) is 17.3 Å². The van der Waals surface area contributed by atoms with Crippen molar-refractivity contribution in [2.75, 3.05) is 7.11 Å². The molecule has 3 heteroatoms. The lowest BCUT2D eigenvalue weighted by Gasteiger charge is -2.04. The van der Waals surface area contributed by atoms with Gasteiger partial charge in [-0.05, 0) is 54.5 Å². The summed E-state index contributed by atoms with van der Waals surface area (Å²) >= 11 is 0. The number of phenols is 2. The zero-order valence-corrected chi connectivity index (χ0v) is 11.7. The van der Waals surface area contributed by atoms with Crippen LogP contribution in [0.25, 0.3) is 0 Å². The van der Waals surface area contributed by atoms with E-state index < -0.39 is 0 Å². The number of rotatable bonds is 3. The molecule has 2 rings (SSSR count). The Morgan fingerprint density at radius 2 is 1.86 bits per heavy atom. The number of ether oxygens (including phenoxy) is 1. The molecule has 106 valence electrons. The molecule has 0 fully saturated rings. The summed E-state index contributed by atoms with van der Waals surface area (Å²) in [6.07, 6.45) is 4.44. The van der Waals surface area contributed by atoms with Crippen LogP contribution >= 0.6 is 0 Å². The summed E-state index contributed by atoms with van der Waals surface area (Å²) in [5.41, 5.74) is 1.89. The molecule has 0 aromatic heterocycles. The lowest BCUT2D eigenvalue weighted by atomic mass is 10.1. The van der Waals surface area contributed by atoms with E-state index in [-0.39, 0.29) is 11.5 Å². The molecule has 0 atom stereocenters. The van der Waals surface area contributed by atoms with Crippen LogP contribution in [-0.2, 0) is 6.42 Å². The Kier molecular flexibility index (Phi) is 4.89. The smallest absolute Gasteiger partial charge is 0.160 e. The Labute approximate surface area is 124 Å². The van der Waals surface area contributed by atoms with Crippen molar-refractivity contribution in [1.82, 2.24) is 0 Å². The van der Waals surface area contributed by atoms with Crippen LogP contribution in [0, 0.1) is 11.8 Å². The number of aromatic hydroxyl groups is 2. The number of hydrogen-bond donors (Lipinski definition) is 2. The molecule has 3 nitrogen and oxygen atoms in total. The molecular formula is C18H16O3. The van der Waals surface area contributed by atoms with Gasteiger partial charge in [-0.25, -0.2) is 0 Å². The molecule has 0 saturated carbocycles. The zero-order valence-electron chi connectivity index (χ0n) is 11.7. The highest BCUT2D eigenvalue weighted by Crippen LogP contribution is 2.26. The highest BCUT2D eigenvalue weighted by atomic mass is 16.5. The Morgan fingerprint density at radius 3 is 2.57 bits per heavy atom. The average Bonchev–Trinajstić information content (AvgIpc) is 2.50. The first-order valence-electron chi connectivity index (χ1n) is 6.50. The first kappa shape index (κ1) is 14.5. The van der Waals surface area contributed by atoms with E-state index in [1.165, 1.54) is 7.11 Å². The monoisotopic (exact) mass is 280 g/mol. The van der Waals surface area contributed by atoms with Crippen molar-refractivity contribution in [2.45, 2.75) is 6.42 Å². The molecule has 0 amide bonds. The van der Waals surface area contributed by atoms with Gasteiger partial charge in [-0.15, -0.1) is 0 Å². The van der Waals surface area contributed by atoms with Gasteiger partial charge in [0.15, 0.2) is 11.5 Å². The lowest BCUT2D eigenvalue weighted by molar-refractivity contribution is 0.373. The maximum atomic E-state index is 9.51. The van der Waals surface area contributed by atoms with Gasteiger partial charge < -0.3 is 14.9 Å². The molecule has 21 heavy (non-hydrogen) atoms. The third-order valence-electron chi connectivity index (χ3n) is 2.88. The first-order chi connectivity index (χ1) is 10.2. The van der Waals surface area contributed by atoms with Crippen molar-refractivity contribution >= 4 is 0 Å². The van der Waals surface area contributed by atoms with E-state index in [9.17, 15) is 5.11 Å². The Bertz CT molecular complexity index is 689. The minimum absolute atomic E-state index is 0.136. The average molecular weight is 280 g/mol. The molecule has 0 saturated heterocycles. The standard InChI is InChI=1S/C18H16O3/c1-21-18-13-15(9-12-17(18)20)6-4-2-3-5-14-7-10-16(19)11-8-14/h2,4,7-13,19-20H,6H2,1H3. The van der Waals surface area contributed by atoms with Gasteiger partial charge >= 0.3 is 0 Å². The second-order valence-electron chi connectivity index (χ2n) is 4.43. The lowest BCUT2D eigenvalue weighted by Crippen LogP contribution is -1.86. The van der Waals surface area contributed by atoms with Crippen molar-refractivity contribution in [2.24, 2.45) is 0 Å². The molecular weight excluding hydrogens is 264 g/mol. The highest BCUT2D eigenvalue weighted by molar-refractivity contribution is 5.43. The number of phenolic OH excluding ortho intramolecular Hbond substituents is 2. The van der Waals surface area contributed by atoms with Gasteiger partial charge in [0.2, 0.25) is 0 Å². The van der Waals surface area contributed by atoms with Crippen molar-refractivity contribution < 1.29 is 14.9 Å². The van der Waals surface area contributed by atoms with Gasteiger partial charge in [-0.3, -0.25) is 0 Å². The summed E-state index contributed by atoms with van der Waals surface area (Å²) in [5.74, 6) is 6.75. The molecule has 2 N–H and O–H groups in total. The molecule has 0 heterocycles. The fraction of sp³-hybridized carbons (Fsp3) is 0.111. The fourth-order valence-electron chi connectivity index (χ4n) is 1.77. The van der Waals surface area contributed by atoms with Crippen molar-refractivity contribution in [1.29, 1.82) is 0 Å². The normalized spacial score (nSPS) is 10.1. The van der Waals surface area contributed by atoms with Gasteiger partial charge in [0.1, 0.15) is 5.75 Å². The van der Waals surface area contributed by atoms with Crippen LogP contribution in [0.3, 0.4) is 0 Å². The summed E-state index contributed by atoms with van der Waals surface area (Å²) in [6, 6.07) is 12.0.